The SMILES string of the molecule is CC(F)(F)c1nnc2cnc(-c3ccc(OC4CC(F)(F)C4)c(F)c3)cn12.COCc1cc(-c2cn3c(C(C)(F)F)nnc3cn2)ccc1C(F)(F)F.COCc1cc(-c2cn3c(C(C)(F)F)nnc3cn2)ccc1OC(F)(F)F.COCc1cc(-c2cn3c(C(C)F)nnc3cn2)ccc1C(F)(F)F.Cc1cc(OC2CC(F)(F)C2)ccc1-c1cn2c(C(C)(F)F)nnc2cn1. The van der Waals surface area contributed by atoms with Gasteiger partial charge in [-0.05, 0) is 109 Å². The maximum atomic E-state index is 14.3. The molecule has 0 bridgehead atoms. The molecule has 15 aromatic rings. The third-order valence-electron chi connectivity index (χ3n) is 19.7. The van der Waals surface area contributed by atoms with Crippen molar-refractivity contribution in [1.82, 2.24) is 97.9 Å². The summed E-state index contributed by atoms with van der Waals surface area (Å²) >= 11 is 0. The van der Waals surface area contributed by atoms with Gasteiger partial charge in [-0.1, -0.05) is 12.1 Å². The van der Waals surface area contributed by atoms with Crippen molar-refractivity contribution in [2.24, 2.45) is 0 Å². The first-order valence-corrected chi connectivity index (χ1v) is 38.7. The molecule has 0 amide bonds. The lowest BCUT2D eigenvalue weighted by molar-refractivity contribution is -0.275. The molecule has 26 nitrogen and oxygen atoms in total. The van der Waals surface area contributed by atoms with Gasteiger partial charge >= 0.3 is 42.4 Å². The second-order valence-corrected chi connectivity index (χ2v) is 30.4. The highest BCUT2D eigenvalue weighted by Gasteiger charge is 2.49. The van der Waals surface area contributed by atoms with Gasteiger partial charge in [0.15, 0.2) is 51.8 Å². The first kappa shape index (κ1) is 96.1. The van der Waals surface area contributed by atoms with Gasteiger partial charge in [0.2, 0.25) is 23.3 Å². The Bertz CT molecular complexity index is 6660. The summed E-state index contributed by atoms with van der Waals surface area (Å²) in [5.41, 5.74) is 3.84. The summed E-state index contributed by atoms with van der Waals surface area (Å²) in [6.07, 6.45) is -4.64. The van der Waals surface area contributed by atoms with E-state index in [1.165, 1.54) is 148 Å². The minimum absolute atomic E-state index is 0.00256. The van der Waals surface area contributed by atoms with E-state index in [2.05, 4.69) is 80.6 Å². The Balaban J connectivity index is 0.000000140. The largest absolute Gasteiger partial charge is 0.573 e. The summed E-state index contributed by atoms with van der Waals surface area (Å²) in [6.45, 7) is 5.36. The molecule has 2 aliphatic carbocycles. The molecular weight excluding hydrogens is 1810 g/mol. The van der Waals surface area contributed by atoms with Crippen molar-refractivity contribution >= 4 is 28.2 Å². The zero-order valence-corrected chi connectivity index (χ0v) is 69.7. The summed E-state index contributed by atoms with van der Waals surface area (Å²) in [6, 6.07) is 19.9. The van der Waals surface area contributed by atoms with Crippen LogP contribution in [0.1, 0.15) is 129 Å². The zero-order chi connectivity index (χ0) is 95.9. The fourth-order valence-electron chi connectivity index (χ4n) is 13.6. The zero-order valence-electron chi connectivity index (χ0n) is 69.7. The van der Waals surface area contributed by atoms with Crippen LogP contribution in [0.15, 0.2) is 153 Å². The average Bonchev–Trinajstić information content (AvgIpc) is 1.65. The van der Waals surface area contributed by atoms with Crippen LogP contribution in [0.5, 0.6) is 17.2 Å². The lowest BCUT2D eigenvalue weighted by Gasteiger charge is -2.34. The number of ether oxygens (including phenoxy) is 6. The molecule has 17 rings (SSSR count). The smallest absolute Gasteiger partial charge is 0.490 e. The van der Waals surface area contributed by atoms with Crippen molar-refractivity contribution in [3.05, 3.63) is 221 Å². The number of halogens is 23. The molecule has 1 unspecified atom stereocenters. The maximum absolute atomic E-state index is 14.3. The third-order valence-corrected chi connectivity index (χ3v) is 19.7. The molecule has 10 aromatic heterocycles. The minimum atomic E-state index is -4.86. The predicted octanol–water partition coefficient (Wildman–Crippen LogP) is 20.6. The molecule has 10 heterocycles. The number of hydrogen-bond donors (Lipinski definition) is 0. The molecule has 0 N–H and O–H groups in total. The number of benzene rings is 5. The van der Waals surface area contributed by atoms with Crippen LogP contribution >= 0.6 is 0 Å². The van der Waals surface area contributed by atoms with Crippen LogP contribution in [0.4, 0.5) is 101 Å². The Hall–Kier alpha value is -13.5. The van der Waals surface area contributed by atoms with Crippen molar-refractivity contribution in [3.63, 3.8) is 0 Å². The molecular formula is C83H69F23N20O6. The monoisotopic (exact) mass is 1880 g/mol. The molecule has 2 aliphatic rings. The number of aromatic nitrogens is 20. The Morgan fingerprint density at radius 1 is 0.386 bits per heavy atom. The molecule has 1 atom stereocenters. The first-order chi connectivity index (χ1) is 61.7. The van der Waals surface area contributed by atoms with E-state index in [0.717, 1.165) is 50.0 Å². The molecule has 132 heavy (non-hydrogen) atoms. The predicted molar refractivity (Wildman–Crippen MR) is 420 cm³/mol. The molecule has 2 fully saturated rings. The highest BCUT2D eigenvalue weighted by Crippen LogP contribution is 2.44. The van der Waals surface area contributed by atoms with Gasteiger partial charge in [0, 0.05) is 139 Å². The Morgan fingerprint density at radius 2 is 0.712 bits per heavy atom. The molecule has 0 spiro atoms. The van der Waals surface area contributed by atoms with Gasteiger partial charge < -0.3 is 28.4 Å². The second-order valence-electron chi connectivity index (χ2n) is 30.4. The molecule has 0 aliphatic heterocycles. The van der Waals surface area contributed by atoms with Crippen LogP contribution in [0.2, 0.25) is 0 Å². The number of fused-ring (bicyclic) bond motifs is 5. The molecule has 49 heteroatoms. The normalized spacial score (nSPS) is 14.6. The lowest BCUT2D eigenvalue weighted by Crippen LogP contribution is -2.43. The highest BCUT2D eigenvalue weighted by atomic mass is 19.4. The number of hydrogen-bond acceptors (Lipinski definition) is 21. The van der Waals surface area contributed by atoms with Gasteiger partial charge in [-0.15, -0.1) is 64.2 Å². The van der Waals surface area contributed by atoms with E-state index >= 15 is 0 Å². The standard InChI is InChI=1S/C18H16F4N4O.C17H13F5N4O.C16H13F5N4O2.C16H13F5N4O.C16H14F4N4O/c1-10-5-11(27-12-6-18(21,22)7-12)3-4-13(10)14-9-26-15(8-23-14)24-25-16(26)17(2,19)20;1-16(19,20)15-25-24-14-7-23-12(8-26(14)15)9-2-3-13(11(18)4-9)27-10-5-17(21,22)6-10;1-15(17,18)14-24-23-13-6-22-11(7-25(13)14)9-3-4-12(27-16(19,20)21)10(5-9)8-26-2;1-15(17,18)14-24-23-13-6-22-12(7-25(13)14)9-3-4-11(16(19,20)21)10(5-9)8-26-2;1-9(17)15-23-22-14-6-21-13(7-24(14)15)10-3-4-12(16(18,19)20)11(5-10)8-25-2/h3-5,8-9,12H,6-7H2,1-2H3;2-4,7-8,10H,5-6H2,1H3;3-7H,8H2,1-2H3;3-7H,8H2,1-2H3;3-7,9H,8H2,1-2H3. The van der Waals surface area contributed by atoms with Gasteiger partial charge in [-0.25, -0.2) is 26.3 Å². The van der Waals surface area contributed by atoms with Crippen molar-refractivity contribution in [1.29, 1.82) is 0 Å². The van der Waals surface area contributed by atoms with Crippen molar-refractivity contribution in [3.8, 4) is 73.5 Å². The summed E-state index contributed by atoms with van der Waals surface area (Å²) < 4.78 is 340. The Labute approximate surface area is 728 Å². The number of nitrogens with zero attached hydrogens (tertiary/aromatic N) is 20. The average molecular weight is 1880 g/mol. The quantitative estimate of drug-likeness (QED) is 0.0605. The number of alkyl halides is 22. The van der Waals surface area contributed by atoms with Crippen LogP contribution in [0.25, 0.3) is 84.5 Å². The first-order valence-electron chi connectivity index (χ1n) is 38.7. The maximum Gasteiger partial charge on any atom is 0.573 e. The van der Waals surface area contributed by atoms with E-state index in [-0.39, 0.29) is 101 Å². The number of aryl methyl sites for hydroxylation is 1. The topological polar surface area (TPSA) is 271 Å². The van der Waals surface area contributed by atoms with Crippen molar-refractivity contribution in [2.45, 2.75) is 160 Å². The van der Waals surface area contributed by atoms with Gasteiger partial charge in [0.25, 0.3) is 11.8 Å². The van der Waals surface area contributed by atoms with Gasteiger partial charge in [0.05, 0.1) is 90.4 Å². The molecule has 0 radical (unpaired) electrons. The Kier molecular flexibility index (Phi) is 27.0. The van der Waals surface area contributed by atoms with Crippen LogP contribution in [0.3, 0.4) is 0 Å². The number of rotatable bonds is 21. The van der Waals surface area contributed by atoms with E-state index < -0.39 is 131 Å². The van der Waals surface area contributed by atoms with Crippen LogP contribution in [0, 0.1) is 12.7 Å². The van der Waals surface area contributed by atoms with Crippen molar-refractivity contribution < 1.29 is 129 Å². The third kappa shape index (κ3) is 22.4. The summed E-state index contributed by atoms with van der Waals surface area (Å²) in [7, 11) is 3.92. The molecule has 2 saturated carbocycles. The van der Waals surface area contributed by atoms with Gasteiger partial charge in [-0.2, -0.15) is 61.5 Å². The minimum Gasteiger partial charge on any atom is -0.490 e. The fraction of sp³-hybridized carbons (Fsp3) is 0.337. The second kappa shape index (κ2) is 37.1. The fourth-order valence-corrected chi connectivity index (χ4v) is 13.6. The van der Waals surface area contributed by atoms with E-state index in [9.17, 15) is 101 Å². The van der Waals surface area contributed by atoms with Gasteiger partial charge in [-0.3, -0.25) is 46.9 Å². The van der Waals surface area contributed by atoms with Gasteiger partial charge in [0.1, 0.15) is 23.7 Å². The van der Waals surface area contributed by atoms with Crippen molar-refractivity contribution in [2.75, 3.05) is 21.3 Å². The molecule has 5 aromatic carbocycles. The van der Waals surface area contributed by atoms with Crippen LogP contribution in [-0.2, 0) is 70.1 Å². The van der Waals surface area contributed by atoms with E-state index in [1.807, 2.05) is 6.92 Å². The molecule has 698 valence electrons. The lowest BCUT2D eigenvalue weighted by atomic mass is 9.91. The van der Waals surface area contributed by atoms with E-state index in [1.54, 1.807) is 18.2 Å². The van der Waals surface area contributed by atoms with E-state index in [4.69, 9.17) is 23.7 Å². The number of methoxy groups -OCH3 is 3. The summed E-state index contributed by atoms with van der Waals surface area (Å²) in [5, 5.41) is 36.0. The Morgan fingerprint density at radius 3 is 1.06 bits per heavy atom. The molecule has 0 saturated heterocycles. The summed E-state index contributed by atoms with van der Waals surface area (Å²) in [5.74, 6) is -21.2. The van der Waals surface area contributed by atoms with Crippen LogP contribution < -0.4 is 14.2 Å². The van der Waals surface area contributed by atoms with Crippen LogP contribution in [-0.4, -0.2) is 150 Å². The van der Waals surface area contributed by atoms with E-state index in [0.29, 0.717) is 71.4 Å². The highest BCUT2D eigenvalue weighted by molar-refractivity contribution is 5.68. The summed E-state index contributed by atoms with van der Waals surface area (Å²) in [4.78, 5) is 20.7.